The molecule has 0 radical (unpaired) electrons. The van der Waals surface area contributed by atoms with Gasteiger partial charge in [-0.1, -0.05) is 6.07 Å². The first kappa shape index (κ1) is 19.0. The minimum absolute atomic E-state index is 0.151. The zero-order valence-corrected chi connectivity index (χ0v) is 16.9. The number of aryl methyl sites for hydroxylation is 3. The highest BCUT2D eigenvalue weighted by Crippen LogP contribution is 2.20. The predicted molar refractivity (Wildman–Crippen MR) is 108 cm³/mol. The van der Waals surface area contributed by atoms with Crippen LogP contribution in [0.4, 0.5) is 0 Å². The van der Waals surface area contributed by atoms with Crippen molar-refractivity contribution < 1.29 is 9.53 Å². The average Bonchev–Trinajstić information content (AvgIpc) is 3.39. The molecule has 6 heteroatoms. The molecule has 0 spiro atoms. The standard InChI is InChI=1S/C22H30N4O2/c1-16-3-7-21(13-17(16)2)28-12-11-25-9-10-26-20(15-25)14-19(24-26)6-8-22(27)23-18-4-5-18/h3,7,13-14,18H,4-6,8-12,15H2,1-2H3,(H,23,27). The van der Waals surface area contributed by atoms with E-state index in [9.17, 15) is 4.79 Å². The number of carbonyl (C=O) groups is 1. The number of hydrogen-bond acceptors (Lipinski definition) is 4. The number of aromatic nitrogens is 2. The molecule has 1 fully saturated rings. The summed E-state index contributed by atoms with van der Waals surface area (Å²) in [5, 5.41) is 7.72. The van der Waals surface area contributed by atoms with Crippen molar-refractivity contribution in [1.29, 1.82) is 0 Å². The number of fused-ring (bicyclic) bond motifs is 1. The van der Waals surface area contributed by atoms with Crippen molar-refractivity contribution in [3.8, 4) is 5.75 Å². The van der Waals surface area contributed by atoms with E-state index in [0.717, 1.165) is 50.5 Å². The normalized spacial score (nSPS) is 16.6. The zero-order valence-electron chi connectivity index (χ0n) is 16.9. The molecule has 0 unspecified atom stereocenters. The Hall–Kier alpha value is -2.34. The maximum Gasteiger partial charge on any atom is 0.220 e. The molecule has 2 aliphatic rings. The minimum Gasteiger partial charge on any atom is -0.492 e. The lowest BCUT2D eigenvalue weighted by Gasteiger charge is -2.27. The lowest BCUT2D eigenvalue weighted by atomic mass is 10.1. The van der Waals surface area contributed by atoms with Crippen LogP contribution in [0.25, 0.3) is 0 Å². The van der Waals surface area contributed by atoms with E-state index < -0.39 is 0 Å². The third-order valence-electron chi connectivity index (χ3n) is 5.63. The third-order valence-corrected chi connectivity index (χ3v) is 5.63. The van der Waals surface area contributed by atoms with Gasteiger partial charge in [0, 0.05) is 38.5 Å². The molecule has 1 amide bonds. The number of nitrogens with one attached hydrogen (secondary N) is 1. The maximum absolute atomic E-state index is 11.9. The van der Waals surface area contributed by atoms with E-state index in [4.69, 9.17) is 4.74 Å². The summed E-state index contributed by atoms with van der Waals surface area (Å²) in [6.07, 6.45) is 3.51. The van der Waals surface area contributed by atoms with Crippen LogP contribution >= 0.6 is 0 Å². The highest BCUT2D eigenvalue weighted by Gasteiger charge is 2.23. The zero-order chi connectivity index (χ0) is 19.5. The molecule has 1 aromatic heterocycles. The molecule has 0 atom stereocenters. The quantitative estimate of drug-likeness (QED) is 0.762. The largest absolute Gasteiger partial charge is 0.492 e. The summed E-state index contributed by atoms with van der Waals surface area (Å²) in [6.45, 7) is 8.57. The first-order valence-corrected chi connectivity index (χ1v) is 10.3. The van der Waals surface area contributed by atoms with Crippen LogP contribution < -0.4 is 10.1 Å². The summed E-state index contributed by atoms with van der Waals surface area (Å²) in [5.74, 6) is 1.09. The Kier molecular flexibility index (Phi) is 5.67. The first-order chi connectivity index (χ1) is 13.6. The van der Waals surface area contributed by atoms with Crippen LogP contribution in [0.5, 0.6) is 5.75 Å². The highest BCUT2D eigenvalue weighted by molar-refractivity contribution is 5.76. The molecule has 1 aliphatic heterocycles. The average molecular weight is 383 g/mol. The Labute approximate surface area is 166 Å². The maximum atomic E-state index is 11.9. The van der Waals surface area contributed by atoms with Gasteiger partial charge in [-0.25, -0.2) is 0 Å². The van der Waals surface area contributed by atoms with Gasteiger partial charge in [-0.15, -0.1) is 0 Å². The van der Waals surface area contributed by atoms with Gasteiger partial charge in [0.05, 0.1) is 17.9 Å². The molecule has 1 saturated carbocycles. The van der Waals surface area contributed by atoms with E-state index in [-0.39, 0.29) is 5.91 Å². The molecule has 0 saturated heterocycles. The van der Waals surface area contributed by atoms with Gasteiger partial charge in [-0.05, 0) is 56.0 Å². The summed E-state index contributed by atoms with van der Waals surface area (Å²) in [7, 11) is 0. The number of amides is 1. The smallest absolute Gasteiger partial charge is 0.220 e. The molecule has 1 aromatic carbocycles. The van der Waals surface area contributed by atoms with Crippen LogP contribution in [0, 0.1) is 13.8 Å². The Morgan fingerprint density at radius 3 is 2.86 bits per heavy atom. The molecule has 1 aliphatic carbocycles. The van der Waals surface area contributed by atoms with Gasteiger partial charge in [0.15, 0.2) is 0 Å². The number of hydrogen-bond donors (Lipinski definition) is 1. The first-order valence-electron chi connectivity index (χ1n) is 10.3. The molecule has 6 nitrogen and oxygen atoms in total. The van der Waals surface area contributed by atoms with Gasteiger partial charge in [0.25, 0.3) is 0 Å². The molecular formula is C22H30N4O2. The summed E-state index contributed by atoms with van der Waals surface area (Å²) in [4.78, 5) is 14.3. The van der Waals surface area contributed by atoms with Crippen LogP contribution in [-0.2, 0) is 24.3 Å². The second-order valence-electron chi connectivity index (χ2n) is 8.06. The second-order valence-corrected chi connectivity index (χ2v) is 8.06. The van der Waals surface area contributed by atoms with E-state index in [0.29, 0.717) is 25.5 Å². The Morgan fingerprint density at radius 1 is 1.21 bits per heavy atom. The van der Waals surface area contributed by atoms with Gasteiger partial charge < -0.3 is 10.1 Å². The molecule has 0 bridgehead atoms. The van der Waals surface area contributed by atoms with Crippen LogP contribution in [0.15, 0.2) is 24.3 Å². The van der Waals surface area contributed by atoms with Crippen molar-refractivity contribution in [3.05, 3.63) is 46.8 Å². The lowest BCUT2D eigenvalue weighted by Crippen LogP contribution is -2.36. The SMILES string of the molecule is Cc1ccc(OCCN2CCn3nc(CCC(=O)NC4CC4)cc3C2)cc1C. The van der Waals surface area contributed by atoms with Crippen molar-refractivity contribution in [3.63, 3.8) is 0 Å². The van der Waals surface area contributed by atoms with Gasteiger partial charge in [-0.3, -0.25) is 14.4 Å². The molecule has 150 valence electrons. The fourth-order valence-corrected chi connectivity index (χ4v) is 3.56. The van der Waals surface area contributed by atoms with Crippen molar-refractivity contribution >= 4 is 5.91 Å². The van der Waals surface area contributed by atoms with Crippen molar-refractivity contribution in [2.24, 2.45) is 0 Å². The van der Waals surface area contributed by atoms with E-state index in [1.807, 2.05) is 6.07 Å². The number of carbonyl (C=O) groups excluding carboxylic acids is 1. The summed E-state index contributed by atoms with van der Waals surface area (Å²) in [5.41, 5.74) is 4.80. The van der Waals surface area contributed by atoms with E-state index in [1.54, 1.807) is 0 Å². The highest BCUT2D eigenvalue weighted by atomic mass is 16.5. The molecule has 2 heterocycles. The number of rotatable bonds is 8. The molecule has 4 rings (SSSR count). The predicted octanol–water partition coefficient (Wildman–Crippen LogP) is 2.61. The summed E-state index contributed by atoms with van der Waals surface area (Å²) in [6, 6.07) is 8.84. The summed E-state index contributed by atoms with van der Waals surface area (Å²) < 4.78 is 8.02. The van der Waals surface area contributed by atoms with E-state index in [1.165, 1.54) is 16.8 Å². The molecule has 28 heavy (non-hydrogen) atoms. The fourth-order valence-electron chi connectivity index (χ4n) is 3.56. The monoisotopic (exact) mass is 382 g/mol. The Balaban J connectivity index is 1.23. The van der Waals surface area contributed by atoms with Crippen LogP contribution in [0.1, 0.15) is 41.8 Å². The molecule has 2 aromatic rings. The van der Waals surface area contributed by atoms with Gasteiger partial charge >= 0.3 is 0 Å². The minimum atomic E-state index is 0.151. The van der Waals surface area contributed by atoms with Crippen LogP contribution in [-0.4, -0.2) is 46.3 Å². The summed E-state index contributed by atoms with van der Waals surface area (Å²) >= 11 is 0. The molecular weight excluding hydrogens is 352 g/mol. The number of ether oxygens (including phenoxy) is 1. The molecule has 1 N–H and O–H groups in total. The third kappa shape index (κ3) is 4.93. The van der Waals surface area contributed by atoms with Gasteiger partial charge in [0.1, 0.15) is 12.4 Å². The van der Waals surface area contributed by atoms with Crippen molar-refractivity contribution in [1.82, 2.24) is 20.0 Å². The van der Waals surface area contributed by atoms with E-state index in [2.05, 4.69) is 52.0 Å². The van der Waals surface area contributed by atoms with Gasteiger partial charge in [0.2, 0.25) is 5.91 Å². The number of benzene rings is 1. The fraction of sp³-hybridized carbons (Fsp3) is 0.545. The van der Waals surface area contributed by atoms with Crippen molar-refractivity contribution in [2.45, 2.75) is 58.7 Å². The van der Waals surface area contributed by atoms with Gasteiger partial charge in [-0.2, -0.15) is 5.10 Å². The lowest BCUT2D eigenvalue weighted by molar-refractivity contribution is -0.121. The van der Waals surface area contributed by atoms with E-state index >= 15 is 0 Å². The number of nitrogens with zero attached hydrogens (tertiary/aromatic N) is 3. The van der Waals surface area contributed by atoms with Crippen LogP contribution in [0.3, 0.4) is 0 Å². The van der Waals surface area contributed by atoms with Crippen molar-refractivity contribution in [2.75, 3.05) is 19.7 Å². The topological polar surface area (TPSA) is 59.4 Å². The van der Waals surface area contributed by atoms with Crippen LogP contribution in [0.2, 0.25) is 0 Å². The second kappa shape index (κ2) is 8.35. The Bertz CT molecular complexity index is 841. The Morgan fingerprint density at radius 2 is 2.07 bits per heavy atom.